The Morgan fingerprint density at radius 2 is 1.73 bits per heavy atom. The summed E-state index contributed by atoms with van der Waals surface area (Å²) >= 11 is 6.96. The highest BCUT2D eigenvalue weighted by molar-refractivity contribution is 7.19. The Kier molecular flexibility index (Phi) is 8.27. The number of anilines is 1. The first-order valence-corrected chi connectivity index (χ1v) is 13.6. The number of methoxy groups -OCH3 is 2. The molecule has 0 atom stereocenters. The van der Waals surface area contributed by atoms with Crippen molar-refractivity contribution in [1.82, 2.24) is 19.9 Å². The van der Waals surface area contributed by atoms with E-state index in [1.807, 2.05) is 18.2 Å². The summed E-state index contributed by atoms with van der Waals surface area (Å²) in [5, 5.41) is 10.5. The number of fused-ring (bicyclic) bond motifs is 1. The number of benzene rings is 3. The number of amides is 2. The van der Waals surface area contributed by atoms with Crippen LogP contribution in [-0.2, 0) is 6.42 Å². The van der Waals surface area contributed by atoms with Crippen molar-refractivity contribution in [3.05, 3.63) is 104 Å². The molecule has 0 radical (unpaired) electrons. The SMILES string of the molecule is COc1ccc(CCNC(=O)c2c(C(=O)Nc3cccc(Cl)c3)sc3nc(=O)c(-c4ccccc4)nn23)cc1OC. The van der Waals surface area contributed by atoms with Gasteiger partial charge in [0.2, 0.25) is 4.96 Å². The molecule has 5 rings (SSSR count). The molecule has 2 N–H and O–H groups in total. The Hall–Kier alpha value is -4.74. The summed E-state index contributed by atoms with van der Waals surface area (Å²) in [6, 6.07) is 20.9. The Balaban J connectivity index is 1.49. The number of hydrogen-bond acceptors (Lipinski definition) is 8. The van der Waals surface area contributed by atoms with E-state index in [4.69, 9.17) is 21.1 Å². The van der Waals surface area contributed by atoms with E-state index in [0.717, 1.165) is 16.9 Å². The van der Waals surface area contributed by atoms with Crippen LogP contribution < -0.4 is 25.7 Å². The fourth-order valence-electron chi connectivity index (χ4n) is 4.14. The van der Waals surface area contributed by atoms with Crippen molar-refractivity contribution in [3.63, 3.8) is 0 Å². The molecule has 41 heavy (non-hydrogen) atoms. The summed E-state index contributed by atoms with van der Waals surface area (Å²) in [4.78, 5) is 44.1. The third-order valence-electron chi connectivity index (χ3n) is 6.10. The van der Waals surface area contributed by atoms with Crippen molar-refractivity contribution in [1.29, 1.82) is 0 Å². The van der Waals surface area contributed by atoms with Gasteiger partial charge in [0.1, 0.15) is 4.88 Å². The lowest BCUT2D eigenvalue weighted by molar-refractivity contribution is 0.0935. The molecule has 10 nitrogen and oxygen atoms in total. The van der Waals surface area contributed by atoms with E-state index >= 15 is 0 Å². The van der Waals surface area contributed by atoms with Gasteiger partial charge in [-0.1, -0.05) is 65.4 Å². The van der Waals surface area contributed by atoms with Crippen molar-refractivity contribution >= 4 is 45.4 Å². The zero-order valence-electron chi connectivity index (χ0n) is 22.0. The minimum absolute atomic E-state index is 0.0400. The number of nitrogens with zero attached hydrogens (tertiary/aromatic N) is 3. The number of carbonyl (C=O) groups is 2. The molecule has 0 saturated carbocycles. The predicted molar refractivity (Wildman–Crippen MR) is 158 cm³/mol. The summed E-state index contributed by atoms with van der Waals surface area (Å²) < 4.78 is 11.9. The van der Waals surface area contributed by atoms with E-state index < -0.39 is 17.4 Å². The lowest BCUT2D eigenvalue weighted by Gasteiger charge is -2.11. The average Bonchev–Trinajstić information content (AvgIpc) is 3.35. The van der Waals surface area contributed by atoms with Crippen LogP contribution in [0.1, 0.15) is 25.7 Å². The highest BCUT2D eigenvalue weighted by Crippen LogP contribution is 2.28. The fraction of sp³-hybridized carbons (Fsp3) is 0.138. The van der Waals surface area contributed by atoms with E-state index in [9.17, 15) is 14.4 Å². The van der Waals surface area contributed by atoms with Crippen molar-refractivity contribution < 1.29 is 19.1 Å². The van der Waals surface area contributed by atoms with E-state index in [1.165, 1.54) is 4.52 Å². The maximum absolute atomic E-state index is 13.6. The summed E-state index contributed by atoms with van der Waals surface area (Å²) in [5.41, 5.74) is 1.34. The van der Waals surface area contributed by atoms with Gasteiger partial charge in [0, 0.05) is 22.8 Å². The lowest BCUT2D eigenvalue weighted by atomic mass is 10.1. The molecule has 5 aromatic rings. The maximum Gasteiger partial charge on any atom is 0.300 e. The Labute approximate surface area is 243 Å². The van der Waals surface area contributed by atoms with Gasteiger partial charge in [-0.15, -0.1) is 0 Å². The maximum atomic E-state index is 13.6. The van der Waals surface area contributed by atoms with Crippen LogP contribution in [0.3, 0.4) is 0 Å². The van der Waals surface area contributed by atoms with Crippen molar-refractivity contribution in [2.75, 3.05) is 26.1 Å². The Bertz CT molecular complexity index is 1810. The van der Waals surface area contributed by atoms with E-state index in [1.54, 1.807) is 68.8 Å². The van der Waals surface area contributed by atoms with Gasteiger partial charge in [-0.3, -0.25) is 14.4 Å². The molecular weight excluding hydrogens is 566 g/mol. The molecular formula is C29H24ClN5O5S. The zero-order chi connectivity index (χ0) is 28.9. The fourth-order valence-corrected chi connectivity index (χ4v) is 5.28. The van der Waals surface area contributed by atoms with E-state index in [-0.39, 0.29) is 27.8 Å². The molecule has 0 aliphatic heterocycles. The quantitative estimate of drug-likeness (QED) is 0.255. The molecule has 2 aromatic heterocycles. The van der Waals surface area contributed by atoms with Crippen molar-refractivity contribution in [2.24, 2.45) is 0 Å². The Morgan fingerprint density at radius 1 is 0.951 bits per heavy atom. The van der Waals surface area contributed by atoms with Crippen molar-refractivity contribution in [3.8, 4) is 22.8 Å². The van der Waals surface area contributed by atoms with Gasteiger partial charge in [0.05, 0.1) is 14.2 Å². The van der Waals surface area contributed by atoms with Crippen molar-refractivity contribution in [2.45, 2.75) is 6.42 Å². The Morgan fingerprint density at radius 3 is 2.46 bits per heavy atom. The summed E-state index contributed by atoms with van der Waals surface area (Å²) in [6.45, 7) is 0.250. The van der Waals surface area contributed by atoms with Crippen LogP contribution >= 0.6 is 22.9 Å². The van der Waals surface area contributed by atoms with Gasteiger partial charge < -0.3 is 20.1 Å². The van der Waals surface area contributed by atoms with Crippen LogP contribution in [-0.4, -0.2) is 47.2 Å². The second kappa shape index (κ2) is 12.2. The molecule has 0 saturated heterocycles. The van der Waals surface area contributed by atoms with Crippen LogP contribution in [0.25, 0.3) is 16.2 Å². The predicted octanol–water partition coefficient (Wildman–Crippen LogP) is 4.71. The number of thiazole rings is 1. The number of nitrogens with one attached hydrogen (secondary N) is 2. The normalized spacial score (nSPS) is 10.8. The molecule has 0 unspecified atom stereocenters. The summed E-state index contributed by atoms with van der Waals surface area (Å²) in [6.07, 6.45) is 0.481. The molecule has 0 spiro atoms. The second-order valence-corrected chi connectivity index (χ2v) is 10.2. The van der Waals surface area contributed by atoms with Gasteiger partial charge in [-0.2, -0.15) is 14.6 Å². The third kappa shape index (κ3) is 6.06. The van der Waals surface area contributed by atoms with Crippen LogP contribution in [0, 0.1) is 0 Å². The number of ether oxygens (including phenoxy) is 2. The zero-order valence-corrected chi connectivity index (χ0v) is 23.6. The van der Waals surface area contributed by atoms with Gasteiger partial charge in [-0.05, 0) is 42.3 Å². The van der Waals surface area contributed by atoms with Crippen LogP contribution in [0.4, 0.5) is 5.69 Å². The molecule has 0 bridgehead atoms. The molecule has 2 heterocycles. The molecule has 0 aliphatic carbocycles. The lowest BCUT2D eigenvalue weighted by Crippen LogP contribution is -2.30. The number of carbonyl (C=O) groups excluding carboxylic acids is 2. The topological polar surface area (TPSA) is 124 Å². The first kappa shape index (κ1) is 27.8. The first-order valence-electron chi connectivity index (χ1n) is 12.4. The van der Waals surface area contributed by atoms with Gasteiger partial charge in [0.25, 0.3) is 11.8 Å². The minimum Gasteiger partial charge on any atom is -0.493 e. The second-order valence-electron chi connectivity index (χ2n) is 8.77. The number of aromatic nitrogens is 3. The smallest absolute Gasteiger partial charge is 0.300 e. The van der Waals surface area contributed by atoms with E-state index in [2.05, 4.69) is 20.7 Å². The molecule has 0 aliphatic rings. The highest BCUT2D eigenvalue weighted by atomic mass is 35.5. The van der Waals surface area contributed by atoms with Crippen LogP contribution in [0.15, 0.2) is 77.6 Å². The average molecular weight is 590 g/mol. The molecule has 3 aromatic carbocycles. The van der Waals surface area contributed by atoms with Gasteiger partial charge >= 0.3 is 5.56 Å². The monoisotopic (exact) mass is 589 g/mol. The van der Waals surface area contributed by atoms with Gasteiger partial charge in [0.15, 0.2) is 22.9 Å². The molecule has 2 amide bonds. The molecule has 0 fully saturated rings. The van der Waals surface area contributed by atoms with Crippen LogP contribution in [0.5, 0.6) is 11.5 Å². The molecule has 208 valence electrons. The molecule has 12 heteroatoms. The number of halogens is 1. The van der Waals surface area contributed by atoms with Crippen LogP contribution in [0.2, 0.25) is 5.02 Å². The standard InChI is InChI=1S/C29H24ClN5O5S/c1-39-21-12-11-17(15-22(21)40-2)13-14-31-27(37)24-25(28(38)32-20-10-6-9-19(30)16-20)41-29-33-26(36)23(34-35(24)29)18-7-4-3-5-8-18/h3-12,15-16H,13-14H2,1-2H3,(H,31,37)(H,32,38). The van der Waals surface area contributed by atoms with E-state index in [0.29, 0.717) is 34.2 Å². The highest BCUT2D eigenvalue weighted by Gasteiger charge is 2.27. The third-order valence-corrected chi connectivity index (χ3v) is 7.36. The summed E-state index contributed by atoms with van der Waals surface area (Å²) in [5.74, 6) is 0.0587. The minimum atomic E-state index is -0.570. The number of hydrogen-bond donors (Lipinski definition) is 2. The number of rotatable bonds is 9. The largest absolute Gasteiger partial charge is 0.493 e. The summed E-state index contributed by atoms with van der Waals surface area (Å²) in [7, 11) is 3.11. The van der Waals surface area contributed by atoms with Gasteiger partial charge in [-0.25, -0.2) is 0 Å². The first-order chi connectivity index (χ1) is 19.9.